The lowest BCUT2D eigenvalue weighted by atomic mass is 10.1. The number of rotatable bonds is 2. The average Bonchev–Trinajstić information content (AvgIpc) is 2.50. The number of benzene rings is 2. The van der Waals surface area contributed by atoms with Gasteiger partial charge in [-0.15, -0.1) is 0 Å². The molecule has 0 bridgehead atoms. The lowest BCUT2D eigenvalue weighted by molar-refractivity contribution is 0.102. The van der Waals surface area contributed by atoms with Crippen molar-refractivity contribution in [2.75, 3.05) is 5.32 Å². The molecule has 0 fully saturated rings. The first kappa shape index (κ1) is 15.4. The van der Waals surface area contributed by atoms with Crippen molar-refractivity contribution in [3.63, 3.8) is 0 Å². The van der Waals surface area contributed by atoms with Crippen LogP contribution in [0.25, 0.3) is 11.0 Å². The first-order valence-electron chi connectivity index (χ1n) is 6.52. The van der Waals surface area contributed by atoms with E-state index in [1.165, 1.54) is 24.3 Å². The Balaban J connectivity index is 2.00. The summed E-state index contributed by atoms with van der Waals surface area (Å²) in [6.07, 6.45) is 0. The molecule has 5 nitrogen and oxygen atoms in total. The third-order valence-electron chi connectivity index (χ3n) is 3.17. The fourth-order valence-electron chi connectivity index (χ4n) is 2.07. The van der Waals surface area contributed by atoms with Gasteiger partial charge in [-0.05, 0) is 36.4 Å². The van der Waals surface area contributed by atoms with Crippen LogP contribution in [-0.4, -0.2) is 11.0 Å². The highest BCUT2D eigenvalue weighted by atomic mass is 35.5. The van der Waals surface area contributed by atoms with Gasteiger partial charge in [0.15, 0.2) is 0 Å². The highest BCUT2D eigenvalue weighted by Gasteiger charge is 2.14. The highest BCUT2D eigenvalue weighted by Crippen LogP contribution is 2.26. The minimum atomic E-state index is -0.544. The number of amides is 1. The summed E-state index contributed by atoms with van der Waals surface area (Å²) < 4.78 is 5.27. The van der Waals surface area contributed by atoms with Gasteiger partial charge >= 0.3 is 0 Å². The fraction of sp³-hybridized carbons (Fsp3) is 0. The Kier molecular flexibility index (Phi) is 3.98. The molecule has 0 aliphatic heterocycles. The molecule has 1 aromatic heterocycles. The molecule has 7 heteroatoms. The van der Waals surface area contributed by atoms with Crippen LogP contribution in [-0.2, 0) is 0 Å². The predicted molar refractivity (Wildman–Crippen MR) is 88.1 cm³/mol. The van der Waals surface area contributed by atoms with Gasteiger partial charge in [0, 0.05) is 16.5 Å². The van der Waals surface area contributed by atoms with Crippen molar-refractivity contribution in [3.8, 4) is 5.75 Å². The second-order valence-corrected chi connectivity index (χ2v) is 5.63. The van der Waals surface area contributed by atoms with Crippen LogP contribution in [0, 0.1) is 5.41 Å². The topological polar surface area (TPSA) is 86.3 Å². The number of anilines is 1. The maximum atomic E-state index is 12.4. The van der Waals surface area contributed by atoms with Crippen LogP contribution < -0.4 is 10.9 Å². The van der Waals surface area contributed by atoms with Crippen LogP contribution in [0.15, 0.2) is 46.9 Å². The van der Waals surface area contributed by atoms with E-state index in [1.807, 2.05) is 0 Å². The molecular weight excluding hydrogens is 339 g/mol. The second kappa shape index (κ2) is 5.95. The minimum absolute atomic E-state index is 0.0172. The number of hydrogen-bond acceptors (Lipinski definition) is 4. The molecule has 1 heterocycles. The molecule has 0 radical (unpaired) electrons. The molecule has 0 unspecified atom stereocenters. The number of phenols is 1. The van der Waals surface area contributed by atoms with E-state index in [1.54, 1.807) is 18.2 Å². The number of carbonyl (C=O) groups excluding carboxylic acids is 1. The smallest absolute Gasteiger partial charge is 0.261 e. The third-order valence-corrected chi connectivity index (χ3v) is 3.74. The lowest BCUT2D eigenvalue weighted by Crippen LogP contribution is -2.21. The molecule has 0 aliphatic rings. The molecule has 23 heavy (non-hydrogen) atoms. The molecule has 0 aliphatic carbocycles. The molecule has 0 saturated heterocycles. The van der Waals surface area contributed by atoms with Gasteiger partial charge in [0.2, 0.25) is 5.55 Å². The molecule has 3 aromatic rings. The van der Waals surface area contributed by atoms with Crippen molar-refractivity contribution < 1.29 is 14.3 Å². The molecule has 0 atom stereocenters. The van der Waals surface area contributed by atoms with E-state index >= 15 is 0 Å². The van der Waals surface area contributed by atoms with Crippen molar-refractivity contribution in [1.29, 1.82) is 5.41 Å². The van der Waals surface area contributed by atoms with Gasteiger partial charge in [0.25, 0.3) is 5.91 Å². The quantitative estimate of drug-likeness (QED) is 0.649. The molecule has 0 spiro atoms. The van der Waals surface area contributed by atoms with Crippen molar-refractivity contribution in [2.45, 2.75) is 0 Å². The zero-order chi connectivity index (χ0) is 16.6. The van der Waals surface area contributed by atoms with Crippen LogP contribution in [0.4, 0.5) is 5.69 Å². The number of carbonyl (C=O) groups is 1. The summed E-state index contributed by atoms with van der Waals surface area (Å²) in [6.45, 7) is 0. The predicted octanol–water partition coefficient (Wildman–Crippen LogP) is 4.18. The number of halogens is 2. The Morgan fingerprint density at radius 2 is 1.91 bits per heavy atom. The van der Waals surface area contributed by atoms with Crippen LogP contribution in [0.3, 0.4) is 0 Å². The summed E-state index contributed by atoms with van der Waals surface area (Å²) in [5.41, 5.74) is 0.375. The van der Waals surface area contributed by atoms with Gasteiger partial charge < -0.3 is 14.8 Å². The first-order chi connectivity index (χ1) is 10.9. The Morgan fingerprint density at radius 3 is 2.70 bits per heavy atom. The van der Waals surface area contributed by atoms with Crippen molar-refractivity contribution >= 4 is 45.8 Å². The maximum Gasteiger partial charge on any atom is 0.261 e. The highest BCUT2D eigenvalue weighted by molar-refractivity contribution is 6.35. The van der Waals surface area contributed by atoms with Crippen LogP contribution in [0.5, 0.6) is 5.75 Å². The number of fused-ring (bicyclic) bond motifs is 1. The van der Waals surface area contributed by atoms with Gasteiger partial charge in [-0.2, -0.15) is 0 Å². The standard InChI is InChI=1S/C16H10Cl2N2O3/c17-9-2-4-12(18)13(6-9)20-16(22)11-5-8-1-3-10(21)7-14(8)23-15(11)19/h1-7,19,21H,(H,20,22). The van der Waals surface area contributed by atoms with E-state index in [4.69, 9.17) is 33.0 Å². The minimum Gasteiger partial charge on any atom is -0.508 e. The monoisotopic (exact) mass is 348 g/mol. The van der Waals surface area contributed by atoms with E-state index in [-0.39, 0.29) is 16.9 Å². The molecule has 3 rings (SSSR count). The normalized spacial score (nSPS) is 10.7. The van der Waals surface area contributed by atoms with Gasteiger partial charge in [0.1, 0.15) is 16.9 Å². The molecule has 3 N–H and O–H groups in total. The van der Waals surface area contributed by atoms with Crippen LogP contribution >= 0.6 is 23.2 Å². The van der Waals surface area contributed by atoms with E-state index in [0.717, 1.165) is 0 Å². The van der Waals surface area contributed by atoms with Crippen molar-refractivity contribution in [1.82, 2.24) is 0 Å². The number of hydrogen-bond donors (Lipinski definition) is 3. The van der Waals surface area contributed by atoms with Gasteiger partial charge in [-0.3, -0.25) is 10.2 Å². The number of nitrogens with one attached hydrogen (secondary N) is 2. The first-order valence-corrected chi connectivity index (χ1v) is 7.27. The number of phenolic OH excluding ortho intramolecular Hbond substituents is 1. The SMILES string of the molecule is N=c1oc2cc(O)ccc2cc1C(=O)Nc1cc(Cl)ccc1Cl. The summed E-state index contributed by atoms with van der Waals surface area (Å²) in [7, 11) is 0. The van der Waals surface area contributed by atoms with E-state index in [9.17, 15) is 9.90 Å². The Hall–Kier alpha value is -2.50. The van der Waals surface area contributed by atoms with Crippen molar-refractivity contribution in [2.24, 2.45) is 0 Å². The van der Waals surface area contributed by atoms with Gasteiger partial charge in [0.05, 0.1) is 10.7 Å². The Morgan fingerprint density at radius 1 is 1.13 bits per heavy atom. The second-order valence-electron chi connectivity index (χ2n) is 4.79. The molecule has 2 aromatic carbocycles. The Labute approximate surface area is 140 Å². The van der Waals surface area contributed by atoms with E-state index in [2.05, 4.69) is 5.32 Å². The van der Waals surface area contributed by atoms with E-state index in [0.29, 0.717) is 26.7 Å². The van der Waals surface area contributed by atoms with Crippen molar-refractivity contribution in [3.05, 3.63) is 63.6 Å². The lowest BCUT2D eigenvalue weighted by Gasteiger charge is -2.08. The summed E-state index contributed by atoms with van der Waals surface area (Å²) in [5, 5.41) is 21.2. The molecule has 116 valence electrons. The zero-order valence-corrected chi connectivity index (χ0v) is 13.1. The molecular formula is C16H10Cl2N2O3. The largest absolute Gasteiger partial charge is 0.508 e. The number of aromatic hydroxyl groups is 1. The van der Waals surface area contributed by atoms with E-state index < -0.39 is 5.91 Å². The maximum absolute atomic E-state index is 12.4. The third kappa shape index (κ3) is 3.16. The molecule has 0 saturated carbocycles. The summed E-state index contributed by atoms with van der Waals surface area (Å²) in [5.74, 6) is -0.526. The van der Waals surface area contributed by atoms with Crippen LogP contribution in [0.2, 0.25) is 10.0 Å². The zero-order valence-electron chi connectivity index (χ0n) is 11.6. The average molecular weight is 349 g/mol. The van der Waals surface area contributed by atoms with Crippen LogP contribution in [0.1, 0.15) is 10.4 Å². The van der Waals surface area contributed by atoms with Gasteiger partial charge in [-0.25, -0.2) is 0 Å². The molecule has 1 amide bonds. The fourth-order valence-corrected chi connectivity index (χ4v) is 2.41. The summed E-state index contributed by atoms with van der Waals surface area (Å²) >= 11 is 11.9. The Bertz CT molecular complexity index is 983. The van der Waals surface area contributed by atoms with Gasteiger partial charge in [-0.1, -0.05) is 23.2 Å². The summed E-state index contributed by atoms with van der Waals surface area (Å²) in [6, 6.07) is 10.6. The summed E-state index contributed by atoms with van der Waals surface area (Å²) in [4.78, 5) is 12.4.